The van der Waals surface area contributed by atoms with Crippen molar-refractivity contribution in [1.82, 2.24) is 9.80 Å². The number of likely N-dealkylation sites (tertiary alicyclic amines) is 1. The molecule has 0 aliphatic carbocycles. The van der Waals surface area contributed by atoms with E-state index in [1.165, 1.54) is 74.6 Å². The van der Waals surface area contributed by atoms with Crippen LogP contribution in [0.5, 0.6) is 5.75 Å². The number of nitrogens with zero attached hydrogens (tertiary/aromatic N) is 3. The van der Waals surface area contributed by atoms with Crippen LogP contribution in [-0.4, -0.2) is 98.6 Å². The lowest BCUT2D eigenvalue weighted by atomic mass is 10.0. The molecule has 2 aromatic rings. The molecule has 2 aliphatic rings. The second-order valence-corrected chi connectivity index (χ2v) is 11.7. The maximum Gasteiger partial charge on any atom is 0.328 e. The van der Waals surface area contributed by atoms with Crippen molar-refractivity contribution in [1.29, 1.82) is 0 Å². The van der Waals surface area contributed by atoms with E-state index in [1.807, 2.05) is 11.8 Å². The number of aliphatic imine (C=N–C) groups is 1. The van der Waals surface area contributed by atoms with Gasteiger partial charge in [-0.15, -0.1) is 0 Å². The maximum absolute atomic E-state index is 12.9. The summed E-state index contributed by atoms with van der Waals surface area (Å²) in [5.74, 6) is -3.48. The third-order valence-electron chi connectivity index (χ3n) is 7.16. The van der Waals surface area contributed by atoms with Crippen LogP contribution in [0.3, 0.4) is 0 Å². The molecule has 48 heavy (non-hydrogen) atoms. The molecule has 4 N–H and O–H groups in total. The number of carboxylic acid groups (broad SMARTS) is 4. The summed E-state index contributed by atoms with van der Waals surface area (Å²) < 4.78 is 18.6. The fraction of sp³-hybridized carbons (Fsp3) is 0.382. The van der Waals surface area contributed by atoms with Crippen LogP contribution in [0.4, 0.5) is 10.1 Å². The summed E-state index contributed by atoms with van der Waals surface area (Å²) >= 11 is 1.87. The zero-order valence-corrected chi connectivity index (χ0v) is 27.6. The van der Waals surface area contributed by atoms with E-state index in [0.717, 1.165) is 23.6 Å². The van der Waals surface area contributed by atoms with Crippen LogP contribution < -0.4 is 4.74 Å². The number of hydrogen-bond acceptors (Lipinski definition) is 9. The minimum absolute atomic E-state index is 0.222. The molecule has 14 heteroatoms. The smallest absolute Gasteiger partial charge is 0.328 e. The molecular weight excluding hydrogens is 645 g/mol. The number of amidine groups is 1. The lowest BCUT2D eigenvalue weighted by Crippen LogP contribution is -2.45. The molecule has 4 rings (SSSR count). The first-order chi connectivity index (χ1) is 22.9. The number of benzene rings is 2. The molecule has 1 saturated heterocycles. The van der Waals surface area contributed by atoms with E-state index in [-0.39, 0.29) is 5.82 Å². The van der Waals surface area contributed by atoms with E-state index in [9.17, 15) is 23.6 Å². The highest BCUT2D eigenvalue weighted by Gasteiger charge is 2.26. The van der Waals surface area contributed by atoms with Crippen LogP contribution in [0, 0.1) is 5.82 Å². The molecule has 260 valence electrons. The Morgan fingerprint density at radius 1 is 0.854 bits per heavy atom. The van der Waals surface area contributed by atoms with Gasteiger partial charge in [-0.1, -0.05) is 42.8 Å². The highest BCUT2D eigenvalue weighted by molar-refractivity contribution is 8.13. The standard InChI is InChI=1S/C26H34FN3OS.2C4H4O4/c1-29(26-28-25-9-5-4-8-21(25)20-32-26)23-14-17-30(18-15-23)16-6-2-3-7-19-31-24-12-10-22(27)11-13-24;2*5-3(6)1-2-4(7)8/h4-5,8-13,23H,2-3,6-7,14-20H2,1H3;2*1-2H,(H,5,6)(H,7,8)/b;2*2-1+. The first-order valence-corrected chi connectivity index (χ1v) is 16.3. The first kappa shape index (κ1) is 39.5. The summed E-state index contributed by atoms with van der Waals surface area (Å²) in [5, 5.41) is 32.4. The maximum atomic E-state index is 12.9. The zero-order valence-electron chi connectivity index (χ0n) is 26.7. The summed E-state index contributed by atoms with van der Waals surface area (Å²) in [6.07, 6.45) is 9.36. The molecule has 0 atom stereocenters. The second kappa shape index (κ2) is 22.0. The van der Waals surface area contributed by atoms with Crippen molar-refractivity contribution in [3.8, 4) is 5.75 Å². The van der Waals surface area contributed by atoms with Gasteiger partial charge in [-0.2, -0.15) is 0 Å². The van der Waals surface area contributed by atoms with Crippen molar-refractivity contribution in [3.63, 3.8) is 0 Å². The van der Waals surface area contributed by atoms with Crippen molar-refractivity contribution >= 4 is 46.5 Å². The minimum Gasteiger partial charge on any atom is -0.494 e. The summed E-state index contributed by atoms with van der Waals surface area (Å²) in [6, 6.07) is 15.3. The van der Waals surface area contributed by atoms with Gasteiger partial charge in [0.25, 0.3) is 0 Å². The van der Waals surface area contributed by atoms with Crippen LogP contribution in [0.25, 0.3) is 0 Å². The molecule has 0 radical (unpaired) electrons. The number of ether oxygens (including phenoxy) is 1. The molecule has 0 aromatic heterocycles. The van der Waals surface area contributed by atoms with Gasteiger partial charge in [0, 0.05) is 56.2 Å². The average molecular weight is 688 g/mol. The number of piperidine rings is 1. The van der Waals surface area contributed by atoms with Gasteiger partial charge in [0.05, 0.1) is 12.3 Å². The number of rotatable bonds is 13. The van der Waals surface area contributed by atoms with Gasteiger partial charge in [0.2, 0.25) is 0 Å². The Balaban J connectivity index is 0.000000414. The lowest BCUT2D eigenvalue weighted by Gasteiger charge is -2.38. The van der Waals surface area contributed by atoms with Gasteiger partial charge >= 0.3 is 23.9 Å². The number of hydrogen-bond donors (Lipinski definition) is 4. The summed E-state index contributed by atoms with van der Waals surface area (Å²) in [7, 11) is 2.22. The van der Waals surface area contributed by atoms with Crippen LogP contribution in [-0.2, 0) is 24.9 Å². The fourth-order valence-corrected chi connectivity index (χ4v) is 5.73. The highest BCUT2D eigenvalue weighted by atomic mass is 32.2. The van der Waals surface area contributed by atoms with Gasteiger partial charge in [0.15, 0.2) is 5.17 Å². The third-order valence-corrected chi connectivity index (χ3v) is 8.25. The predicted molar refractivity (Wildman–Crippen MR) is 181 cm³/mol. The number of thioether (sulfide) groups is 1. The average Bonchev–Trinajstić information content (AvgIpc) is 3.07. The Hall–Kier alpha value is -4.69. The van der Waals surface area contributed by atoms with E-state index < -0.39 is 23.9 Å². The monoisotopic (exact) mass is 687 g/mol. The van der Waals surface area contributed by atoms with Crippen LogP contribution in [0.1, 0.15) is 44.1 Å². The summed E-state index contributed by atoms with van der Waals surface area (Å²) in [5.41, 5.74) is 2.47. The number of unbranched alkanes of at least 4 members (excludes halogenated alkanes) is 3. The Morgan fingerprint density at radius 3 is 1.96 bits per heavy atom. The number of aliphatic carboxylic acids is 4. The van der Waals surface area contributed by atoms with Crippen molar-refractivity contribution in [2.45, 2.75) is 50.3 Å². The van der Waals surface area contributed by atoms with Gasteiger partial charge in [-0.05, 0) is 68.1 Å². The van der Waals surface area contributed by atoms with E-state index in [0.29, 0.717) is 37.0 Å². The van der Waals surface area contributed by atoms with Crippen LogP contribution in [0.2, 0.25) is 0 Å². The molecule has 0 spiro atoms. The number of para-hydroxylation sites is 1. The van der Waals surface area contributed by atoms with Gasteiger partial charge in [-0.3, -0.25) is 0 Å². The van der Waals surface area contributed by atoms with Crippen molar-refractivity contribution in [2.24, 2.45) is 4.99 Å². The molecule has 12 nitrogen and oxygen atoms in total. The first-order valence-electron chi connectivity index (χ1n) is 15.4. The lowest BCUT2D eigenvalue weighted by molar-refractivity contribution is -0.134. The van der Waals surface area contributed by atoms with E-state index in [1.54, 1.807) is 12.1 Å². The van der Waals surface area contributed by atoms with E-state index >= 15 is 0 Å². The second-order valence-electron chi connectivity index (χ2n) is 10.7. The molecule has 0 amide bonds. The van der Waals surface area contributed by atoms with Crippen molar-refractivity contribution < 1.29 is 48.7 Å². The zero-order chi connectivity index (χ0) is 35.3. The van der Waals surface area contributed by atoms with Crippen molar-refractivity contribution in [2.75, 3.05) is 33.3 Å². The highest BCUT2D eigenvalue weighted by Crippen LogP contribution is 2.33. The largest absolute Gasteiger partial charge is 0.494 e. The number of halogens is 1. The molecule has 1 fully saturated rings. The Morgan fingerprint density at radius 2 is 1.40 bits per heavy atom. The van der Waals surface area contributed by atoms with Crippen molar-refractivity contribution in [3.05, 3.63) is 84.2 Å². The van der Waals surface area contributed by atoms with Gasteiger partial charge in [-0.25, -0.2) is 28.6 Å². The Kier molecular flexibility index (Phi) is 18.1. The SMILES string of the molecule is CN(C1=Nc2ccccc2CS1)C1CCN(CCCCCCOc2ccc(F)cc2)CC1.O=C(O)/C=C/C(=O)O.O=C(O)/C=C/C(=O)O. The van der Waals surface area contributed by atoms with E-state index in [2.05, 4.69) is 41.1 Å². The quantitative estimate of drug-likeness (QED) is 0.153. The minimum atomic E-state index is -1.26. The fourth-order valence-electron chi connectivity index (χ4n) is 4.68. The molecule has 0 unspecified atom stereocenters. The summed E-state index contributed by atoms with van der Waals surface area (Å²) in [4.78, 5) is 48.2. The molecule has 2 heterocycles. The molecule has 0 bridgehead atoms. The number of fused-ring (bicyclic) bond motifs is 1. The molecular formula is C34H42FN3O9S. The molecule has 0 saturated carbocycles. The van der Waals surface area contributed by atoms with Crippen LogP contribution >= 0.6 is 11.8 Å². The number of carboxylic acids is 4. The Bertz CT molecular complexity index is 1360. The van der Waals surface area contributed by atoms with Gasteiger partial charge in [0.1, 0.15) is 11.6 Å². The number of carbonyl (C=O) groups is 4. The Labute approximate surface area is 283 Å². The van der Waals surface area contributed by atoms with E-state index in [4.69, 9.17) is 30.2 Å². The van der Waals surface area contributed by atoms with Crippen LogP contribution in [0.15, 0.2) is 77.8 Å². The third kappa shape index (κ3) is 16.7. The van der Waals surface area contributed by atoms with Gasteiger partial charge < -0.3 is 35.0 Å². The molecule has 2 aliphatic heterocycles. The topological polar surface area (TPSA) is 177 Å². The normalized spacial score (nSPS) is 14.5. The predicted octanol–water partition coefficient (Wildman–Crippen LogP) is 5.52. The summed E-state index contributed by atoms with van der Waals surface area (Å²) in [6.45, 7) is 4.25. The molecule has 2 aromatic carbocycles.